The highest BCUT2D eigenvalue weighted by Crippen LogP contribution is 2.34. The van der Waals surface area contributed by atoms with Crippen LogP contribution in [-0.4, -0.2) is 6.61 Å². The molecule has 2 N–H and O–H groups in total. The monoisotopic (exact) mass is 305 g/mol. The number of ether oxygens (including phenoxy) is 2. The molecule has 0 fully saturated rings. The standard InChI is InChI=1S/C17H20ClNO2/c1-4-5-20-15-8-14(19)9-16(10-15)21-17-11(2)6-13(18)7-12(17)3/h6-10H,4-5,19H2,1-3H3. The minimum absolute atomic E-state index is 0.614. The van der Waals surface area contributed by atoms with Gasteiger partial charge in [0.15, 0.2) is 0 Å². The molecule has 112 valence electrons. The minimum Gasteiger partial charge on any atom is -0.493 e. The molecule has 0 spiro atoms. The summed E-state index contributed by atoms with van der Waals surface area (Å²) in [7, 11) is 0. The van der Waals surface area contributed by atoms with Gasteiger partial charge in [-0.2, -0.15) is 0 Å². The lowest BCUT2D eigenvalue weighted by Crippen LogP contribution is -1.98. The van der Waals surface area contributed by atoms with Gasteiger partial charge in [0, 0.05) is 28.9 Å². The number of nitrogen functional groups attached to an aromatic ring is 1. The van der Waals surface area contributed by atoms with E-state index in [2.05, 4.69) is 6.92 Å². The summed E-state index contributed by atoms with van der Waals surface area (Å²) in [6.07, 6.45) is 0.945. The average Bonchev–Trinajstić information content (AvgIpc) is 2.40. The fraction of sp³-hybridized carbons (Fsp3) is 0.294. The van der Waals surface area contributed by atoms with Gasteiger partial charge < -0.3 is 15.2 Å². The fourth-order valence-electron chi connectivity index (χ4n) is 2.13. The molecule has 0 bridgehead atoms. The maximum atomic E-state index is 6.04. The lowest BCUT2D eigenvalue weighted by atomic mass is 10.1. The molecule has 21 heavy (non-hydrogen) atoms. The zero-order valence-corrected chi connectivity index (χ0v) is 13.3. The Balaban J connectivity index is 2.29. The first kappa shape index (κ1) is 15.5. The van der Waals surface area contributed by atoms with E-state index in [1.165, 1.54) is 0 Å². The van der Waals surface area contributed by atoms with Crippen LogP contribution in [0.15, 0.2) is 30.3 Å². The Morgan fingerprint density at radius 2 is 1.62 bits per heavy atom. The molecule has 0 aliphatic carbocycles. The van der Waals surface area contributed by atoms with Crippen LogP contribution < -0.4 is 15.2 Å². The van der Waals surface area contributed by atoms with Crippen molar-refractivity contribution in [3.63, 3.8) is 0 Å². The molecule has 0 aliphatic heterocycles. The topological polar surface area (TPSA) is 44.5 Å². The molecule has 0 atom stereocenters. The zero-order valence-electron chi connectivity index (χ0n) is 12.6. The molecular formula is C17H20ClNO2. The number of aryl methyl sites for hydroxylation is 2. The van der Waals surface area contributed by atoms with Crippen molar-refractivity contribution in [3.05, 3.63) is 46.5 Å². The number of hydrogen-bond acceptors (Lipinski definition) is 3. The van der Waals surface area contributed by atoms with Crippen molar-refractivity contribution >= 4 is 17.3 Å². The second-order valence-corrected chi connectivity index (χ2v) is 5.49. The first-order valence-electron chi connectivity index (χ1n) is 6.97. The van der Waals surface area contributed by atoms with Crippen LogP contribution in [0.4, 0.5) is 5.69 Å². The van der Waals surface area contributed by atoms with Gasteiger partial charge in [0.1, 0.15) is 17.2 Å². The highest BCUT2D eigenvalue weighted by molar-refractivity contribution is 6.30. The van der Waals surface area contributed by atoms with Crippen LogP contribution >= 0.6 is 11.6 Å². The highest BCUT2D eigenvalue weighted by atomic mass is 35.5. The van der Waals surface area contributed by atoms with Gasteiger partial charge in [-0.25, -0.2) is 0 Å². The van der Waals surface area contributed by atoms with E-state index in [4.69, 9.17) is 26.8 Å². The second kappa shape index (κ2) is 6.72. The number of benzene rings is 2. The number of rotatable bonds is 5. The van der Waals surface area contributed by atoms with Crippen molar-refractivity contribution < 1.29 is 9.47 Å². The van der Waals surface area contributed by atoms with Crippen LogP contribution in [0.1, 0.15) is 24.5 Å². The zero-order chi connectivity index (χ0) is 15.4. The van der Waals surface area contributed by atoms with Crippen molar-refractivity contribution in [1.82, 2.24) is 0 Å². The van der Waals surface area contributed by atoms with Gasteiger partial charge in [0.05, 0.1) is 6.61 Å². The predicted octanol–water partition coefficient (Wildman–Crippen LogP) is 5.12. The largest absolute Gasteiger partial charge is 0.493 e. The Bertz CT molecular complexity index is 618. The molecular weight excluding hydrogens is 286 g/mol. The lowest BCUT2D eigenvalue weighted by Gasteiger charge is -2.14. The molecule has 0 heterocycles. The third-order valence-corrected chi connectivity index (χ3v) is 3.24. The maximum Gasteiger partial charge on any atom is 0.133 e. The van der Waals surface area contributed by atoms with E-state index in [0.717, 1.165) is 29.0 Å². The minimum atomic E-state index is 0.614. The van der Waals surface area contributed by atoms with Gasteiger partial charge in [-0.1, -0.05) is 18.5 Å². The van der Waals surface area contributed by atoms with E-state index in [1.54, 1.807) is 12.1 Å². The molecule has 0 saturated heterocycles. The van der Waals surface area contributed by atoms with Gasteiger partial charge in [-0.3, -0.25) is 0 Å². The highest BCUT2D eigenvalue weighted by Gasteiger charge is 2.09. The summed E-state index contributed by atoms with van der Waals surface area (Å²) in [5.74, 6) is 2.18. The average molecular weight is 306 g/mol. The van der Waals surface area contributed by atoms with E-state index in [1.807, 2.05) is 32.0 Å². The van der Waals surface area contributed by atoms with Crippen LogP contribution in [0.3, 0.4) is 0 Å². The molecule has 2 aromatic carbocycles. The molecule has 2 rings (SSSR count). The van der Waals surface area contributed by atoms with Crippen LogP contribution in [0.2, 0.25) is 5.02 Å². The van der Waals surface area contributed by atoms with Crippen LogP contribution in [0, 0.1) is 13.8 Å². The SMILES string of the molecule is CCCOc1cc(N)cc(Oc2c(C)cc(Cl)cc2C)c1. The number of nitrogens with two attached hydrogens (primary N) is 1. The van der Waals surface area contributed by atoms with Crippen molar-refractivity contribution in [2.75, 3.05) is 12.3 Å². The molecule has 0 aliphatic rings. The molecule has 0 aromatic heterocycles. The number of halogens is 1. The Morgan fingerprint density at radius 3 is 2.24 bits per heavy atom. The van der Waals surface area contributed by atoms with E-state index in [-0.39, 0.29) is 0 Å². The molecule has 3 nitrogen and oxygen atoms in total. The van der Waals surface area contributed by atoms with Gasteiger partial charge >= 0.3 is 0 Å². The van der Waals surface area contributed by atoms with E-state index in [9.17, 15) is 0 Å². The van der Waals surface area contributed by atoms with E-state index >= 15 is 0 Å². The Labute approximate surface area is 130 Å². The van der Waals surface area contributed by atoms with Gasteiger partial charge in [-0.05, 0) is 43.5 Å². The van der Waals surface area contributed by atoms with Crippen molar-refractivity contribution in [3.8, 4) is 17.2 Å². The molecule has 0 radical (unpaired) electrons. The Morgan fingerprint density at radius 1 is 1.00 bits per heavy atom. The van der Waals surface area contributed by atoms with Crippen molar-refractivity contribution in [2.45, 2.75) is 27.2 Å². The van der Waals surface area contributed by atoms with Crippen LogP contribution in [0.5, 0.6) is 17.2 Å². The molecule has 2 aromatic rings. The fourth-order valence-corrected chi connectivity index (χ4v) is 2.46. The summed E-state index contributed by atoms with van der Waals surface area (Å²) >= 11 is 6.04. The van der Waals surface area contributed by atoms with Crippen LogP contribution in [-0.2, 0) is 0 Å². The second-order valence-electron chi connectivity index (χ2n) is 5.06. The summed E-state index contributed by atoms with van der Waals surface area (Å²) in [5.41, 5.74) is 8.49. The first-order valence-corrected chi connectivity index (χ1v) is 7.35. The molecule has 0 amide bonds. The normalized spacial score (nSPS) is 10.5. The maximum absolute atomic E-state index is 6.04. The Kier molecular flexibility index (Phi) is 4.97. The first-order chi connectivity index (χ1) is 9.99. The summed E-state index contributed by atoms with van der Waals surface area (Å²) in [6, 6.07) is 9.19. The number of hydrogen-bond donors (Lipinski definition) is 1. The lowest BCUT2D eigenvalue weighted by molar-refractivity contribution is 0.316. The summed E-state index contributed by atoms with van der Waals surface area (Å²) in [5, 5.41) is 0.705. The van der Waals surface area contributed by atoms with Crippen molar-refractivity contribution in [2.24, 2.45) is 0 Å². The molecule has 4 heteroatoms. The molecule has 0 saturated carbocycles. The number of anilines is 1. The van der Waals surface area contributed by atoms with E-state index < -0.39 is 0 Å². The third-order valence-electron chi connectivity index (χ3n) is 3.02. The van der Waals surface area contributed by atoms with Crippen molar-refractivity contribution in [1.29, 1.82) is 0 Å². The van der Waals surface area contributed by atoms with Gasteiger partial charge in [-0.15, -0.1) is 0 Å². The van der Waals surface area contributed by atoms with Gasteiger partial charge in [0.25, 0.3) is 0 Å². The van der Waals surface area contributed by atoms with Crippen LogP contribution in [0.25, 0.3) is 0 Å². The predicted molar refractivity (Wildman–Crippen MR) is 87.6 cm³/mol. The Hall–Kier alpha value is -1.87. The summed E-state index contributed by atoms with van der Waals surface area (Å²) < 4.78 is 11.6. The quantitative estimate of drug-likeness (QED) is 0.780. The molecule has 0 unspecified atom stereocenters. The third kappa shape index (κ3) is 4.05. The smallest absolute Gasteiger partial charge is 0.133 e. The van der Waals surface area contributed by atoms with Gasteiger partial charge in [0.2, 0.25) is 0 Å². The summed E-state index contributed by atoms with van der Waals surface area (Å²) in [6.45, 7) is 6.65. The van der Waals surface area contributed by atoms with E-state index in [0.29, 0.717) is 23.1 Å². The summed E-state index contributed by atoms with van der Waals surface area (Å²) in [4.78, 5) is 0.